The Morgan fingerprint density at radius 2 is 2.33 bits per heavy atom. The van der Waals surface area contributed by atoms with Gasteiger partial charge in [-0.2, -0.15) is 0 Å². The van der Waals surface area contributed by atoms with Gasteiger partial charge in [0.2, 0.25) is 0 Å². The van der Waals surface area contributed by atoms with Crippen molar-refractivity contribution in [3.8, 4) is 0 Å². The lowest BCUT2D eigenvalue weighted by Gasteiger charge is -2.11. The predicted molar refractivity (Wildman–Crippen MR) is 57.4 cm³/mol. The molecule has 0 spiro atoms. The molecule has 1 atom stereocenters. The van der Waals surface area contributed by atoms with Gasteiger partial charge in [-0.15, -0.1) is 0 Å². The quantitative estimate of drug-likeness (QED) is 0.828. The number of rotatable bonds is 3. The number of halogens is 2. The van der Waals surface area contributed by atoms with E-state index in [1.807, 2.05) is 0 Å². The molecule has 1 rings (SSSR count). The molecule has 3 N–H and O–H groups in total. The van der Waals surface area contributed by atoms with E-state index in [4.69, 9.17) is 17.3 Å². The summed E-state index contributed by atoms with van der Waals surface area (Å²) in [5, 5.41) is 2.58. The van der Waals surface area contributed by atoms with Gasteiger partial charge in [0.1, 0.15) is 5.82 Å². The fraction of sp³-hybridized carbons (Fsp3) is 0.300. The maximum atomic E-state index is 12.8. The molecular weight excluding hydrogens is 219 g/mol. The number of nitrogens with one attached hydrogen (secondary N) is 1. The third-order valence-corrected chi connectivity index (χ3v) is 2.20. The molecule has 0 unspecified atom stereocenters. The predicted octanol–water partition coefficient (Wildman–Crippen LogP) is 1.56. The summed E-state index contributed by atoms with van der Waals surface area (Å²) in [7, 11) is 0. The molecule has 0 aliphatic rings. The van der Waals surface area contributed by atoms with Gasteiger partial charge in [-0.25, -0.2) is 4.39 Å². The average Bonchev–Trinajstić information content (AvgIpc) is 2.21. The highest BCUT2D eigenvalue weighted by molar-refractivity contribution is 6.31. The number of amides is 1. The molecular formula is C10H12ClFN2O. The van der Waals surface area contributed by atoms with Crippen LogP contribution in [-0.2, 0) is 0 Å². The van der Waals surface area contributed by atoms with Crippen LogP contribution in [0.4, 0.5) is 4.39 Å². The van der Waals surface area contributed by atoms with Crippen LogP contribution < -0.4 is 11.1 Å². The van der Waals surface area contributed by atoms with E-state index in [-0.39, 0.29) is 17.0 Å². The Kier molecular flexibility index (Phi) is 4.05. The fourth-order valence-corrected chi connectivity index (χ4v) is 1.18. The molecule has 0 saturated heterocycles. The van der Waals surface area contributed by atoms with Gasteiger partial charge < -0.3 is 11.1 Å². The van der Waals surface area contributed by atoms with Crippen LogP contribution in [0.15, 0.2) is 18.2 Å². The maximum Gasteiger partial charge on any atom is 0.251 e. The van der Waals surface area contributed by atoms with Crippen LogP contribution in [0.1, 0.15) is 17.3 Å². The second kappa shape index (κ2) is 5.09. The average molecular weight is 231 g/mol. The Morgan fingerprint density at radius 1 is 1.67 bits per heavy atom. The van der Waals surface area contributed by atoms with E-state index in [2.05, 4.69) is 5.32 Å². The molecule has 0 radical (unpaired) electrons. The summed E-state index contributed by atoms with van der Waals surface area (Å²) in [6.07, 6.45) is 0. The minimum absolute atomic E-state index is 0.0666. The van der Waals surface area contributed by atoms with Crippen molar-refractivity contribution in [2.24, 2.45) is 5.73 Å². The highest BCUT2D eigenvalue weighted by atomic mass is 35.5. The molecule has 0 heterocycles. The second-order valence-corrected chi connectivity index (χ2v) is 3.65. The van der Waals surface area contributed by atoms with Gasteiger partial charge in [-0.1, -0.05) is 11.6 Å². The molecule has 5 heteroatoms. The van der Waals surface area contributed by atoms with Gasteiger partial charge in [0.05, 0.1) is 5.02 Å². The van der Waals surface area contributed by atoms with E-state index in [0.717, 1.165) is 6.07 Å². The zero-order valence-electron chi connectivity index (χ0n) is 8.26. The first-order chi connectivity index (χ1) is 7.04. The summed E-state index contributed by atoms with van der Waals surface area (Å²) in [4.78, 5) is 11.5. The Balaban J connectivity index is 2.78. The lowest BCUT2D eigenvalue weighted by Crippen LogP contribution is -2.37. The lowest BCUT2D eigenvalue weighted by atomic mass is 10.2. The number of benzene rings is 1. The van der Waals surface area contributed by atoms with Gasteiger partial charge in [0.25, 0.3) is 5.91 Å². The van der Waals surface area contributed by atoms with Crippen LogP contribution in [0.5, 0.6) is 0 Å². The van der Waals surface area contributed by atoms with Crippen molar-refractivity contribution >= 4 is 17.5 Å². The third-order valence-electron chi connectivity index (χ3n) is 1.91. The molecule has 1 aromatic carbocycles. The summed E-state index contributed by atoms with van der Waals surface area (Å²) in [5.41, 5.74) is 5.67. The zero-order chi connectivity index (χ0) is 11.4. The fourth-order valence-electron chi connectivity index (χ4n) is 1.00. The summed E-state index contributed by atoms with van der Waals surface area (Å²) < 4.78 is 12.8. The van der Waals surface area contributed by atoms with Crippen molar-refractivity contribution in [3.05, 3.63) is 34.6 Å². The third kappa shape index (κ3) is 3.18. The van der Waals surface area contributed by atoms with Crippen LogP contribution >= 0.6 is 11.6 Å². The van der Waals surface area contributed by atoms with Gasteiger partial charge in [0.15, 0.2) is 0 Å². The molecule has 0 saturated carbocycles. The van der Waals surface area contributed by atoms with Gasteiger partial charge >= 0.3 is 0 Å². The minimum Gasteiger partial charge on any atom is -0.348 e. The zero-order valence-corrected chi connectivity index (χ0v) is 9.01. The van der Waals surface area contributed by atoms with Crippen molar-refractivity contribution in [1.82, 2.24) is 5.32 Å². The van der Waals surface area contributed by atoms with Gasteiger partial charge in [0, 0.05) is 18.2 Å². The first kappa shape index (κ1) is 11.9. The van der Waals surface area contributed by atoms with Gasteiger partial charge in [-0.3, -0.25) is 4.79 Å². The number of carbonyl (C=O) groups is 1. The molecule has 82 valence electrons. The number of nitrogens with two attached hydrogens (primary N) is 1. The van der Waals surface area contributed by atoms with Crippen molar-refractivity contribution in [1.29, 1.82) is 0 Å². The lowest BCUT2D eigenvalue weighted by molar-refractivity contribution is 0.0941. The van der Waals surface area contributed by atoms with Crippen LogP contribution in [0.25, 0.3) is 0 Å². The van der Waals surface area contributed by atoms with Crippen LogP contribution in [0.2, 0.25) is 5.02 Å². The van der Waals surface area contributed by atoms with E-state index >= 15 is 0 Å². The van der Waals surface area contributed by atoms with Crippen molar-refractivity contribution in [3.63, 3.8) is 0 Å². The molecule has 1 aromatic rings. The standard InChI is InChI=1S/C10H12ClFN2O/c1-6(5-13)14-10(15)7-2-3-9(12)8(11)4-7/h2-4,6H,5,13H2,1H3,(H,14,15)/t6-/m0/s1. The topological polar surface area (TPSA) is 55.1 Å². The van der Waals surface area contributed by atoms with E-state index < -0.39 is 5.82 Å². The van der Waals surface area contributed by atoms with Gasteiger partial charge in [-0.05, 0) is 25.1 Å². The van der Waals surface area contributed by atoms with E-state index in [1.165, 1.54) is 12.1 Å². The monoisotopic (exact) mass is 230 g/mol. The molecule has 15 heavy (non-hydrogen) atoms. The Bertz CT molecular complexity index is 370. The maximum absolute atomic E-state index is 12.8. The molecule has 3 nitrogen and oxygen atoms in total. The van der Waals surface area contributed by atoms with Crippen molar-refractivity contribution in [2.75, 3.05) is 6.54 Å². The van der Waals surface area contributed by atoms with Crippen LogP contribution in [0, 0.1) is 5.82 Å². The highest BCUT2D eigenvalue weighted by Crippen LogP contribution is 2.15. The molecule has 0 bridgehead atoms. The molecule has 1 amide bonds. The molecule has 0 aliphatic carbocycles. The van der Waals surface area contributed by atoms with E-state index in [9.17, 15) is 9.18 Å². The Labute approximate surface area is 92.4 Å². The summed E-state index contributed by atoms with van der Waals surface area (Å²) in [6, 6.07) is 3.70. The number of hydrogen-bond acceptors (Lipinski definition) is 2. The summed E-state index contributed by atoms with van der Waals surface area (Å²) >= 11 is 5.55. The first-order valence-corrected chi connectivity index (χ1v) is 4.88. The Morgan fingerprint density at radius 3 is 2.87 bits per heavy atom. The minimum atomic E-state index is -0.542. The van der Waals surface area contributed by atoms with Crippen LogP contribution in [0.3, 0.4) is 0 Å². The van der Waals surface area contributed by atoms with Crippen molar-refractivity contribution < 1.29 is 9.18 Å². The largest absolute Gasteiger partial charge is 0.348 e. The van der Waals surface area contributed by atoms with E-state index in [1.54, 1.807) is 6.92 Å². The summed E-state index contributed by atoms with van der Waals surface area (Å²) in [5.74, 6) is -0.852. The number of hydrogen-bond donors (Lipinski definition) is 2. The molecule has 0 aromatic heterocycles. The summed E-state index contributed by atoms with van der Waals surface area (Å²) in [6.45, 7) is 2.13. The SMILES string of the molecule is C[C@@H](CN)NC(=O)c1ccc(F)c(Cl)c1. The first-order valence-electron chi connectivity index (χ1n) is 4.50. The second-order valence-electron chi connectivity index (χ2n) is 3.24. The molecule has 0 fully saturated rings. The highest BCUT2D eigenvalue weighted by Gasteiger charge is 2.10. The normalized spacial score (nSPS) is 12.3. The van der Waals surface area contributed by atoms with E-state index in [0.29, 0.717) is 12.1 Å². The van der Waals surface area contributed by atoms with Crippen LogP contribution in [-0.4, -0.2) is 18.5 Å². The smallest absolute Gasteiger partial charge is 0.251 e. The van der Waals surface area contributed by atoms with Crippen molar-refractivity contribution in [2.45, 2.75) is 13.0 Å². The molecule has 0 aliphatic heterocycles. The number of carbonyl (C=O) groups excluding carboxylic acids is 1. The Hall–Kier alpha value is -1.13.